The lowest BCUT2D eigenvalue weighted by molar-refractivity contribution is -0.117. The van der Waals surface area contributed by atoms with Crippen LogP contribution in [0.15, 0.2) is 18.2 Å². The predicted molar refractivity (Wildman–Crippen MR) is 58.9 cm³/mol. The molecule has 0 saturated heterocycles. The minimum absolute atomic E-state index is 0.141. The molecule has 0 aromatic heterocycles. The topological polar surface area (TPSA) is 64.3 Å². The van der Waals surface area contributed by atoms with Gasteiger partial charge in [-0.1, -0.05) is 17.7 Å². The van der Waals surface area contributed by atoms with Gasteiger partial charge in [0.25, 0.3) is 0 Å². The van der Waals surface area contributed by atoms with Crippen LogP contribution in [-0.2, 0) is 11.3 Å². The molecule has 4 nitrogen and oxygen atoms in total. The number of ether oxygens (including phenoxy) is 1. The predicted octanol–water partition coefficient (Wildman–Crippen LogP) is 0.923. The molecule has 0 aliphatic rings. The average molecular weight is 229 g/mol. The van der Waals surface area contributed by atoms with Crippen LogP contribution in [0.4, 0.5) is 0 Å². The number of methoxy groups -OCH3 is 1. The first-order valence-corrected chi connectivity index (χ1v) is 4.82. The van der Waals surface area contributed by atoms with Crippen molar-refractivity contribution in [2.75, 3.05) is 13.7 Å². The lowest BCUT2D eigenvalue weighted by Crippen LogP contribution is -2.28. The maximum atomic E-state index is 10.5. The normalized spacial score (nSPS) is 10.0. The minimum atomic E-state index is -0.389. The van der Waals surface area contributed by atoms with Crippen LogP contribution in [0.3, 0.4) is 0 Å². The Hall–Kier alpha value is -1.26. The van der Waals surface area contributed by atoms with Gasteiger partial charge in [0, 0.05) is 11.6 Å². The molecule has 3 N–H and O–H groups in total. The Morgan fingerprint density at radius 3 is 2.87 bits per heavy atom. The molecule has 1 aromatic rings. The van der Waals surface area contributed by atoms with E-state index in [2.05, 4.69) is 5.32 Å². The van der Waals surface area contributed by atoms with Gasteiger partial charge in [-0.05, 0) is 17.7 Å². The number of carbonyl (C=O) groups excluding carboxylic acids is 1. The molecule has 0 spiro atoms. The molecule has 0 heterocycles. The molecule has 1 amide bonds. The van der Waals surface area contributed by atoms with Crippen molar-refractivity contribution in [3.8, 4) is 5.75 Å². The third-order valence-electron chi connectivity index (χ3n) is 1.87. The zero-order valence-electron chi connectivity index (χ0n) is 8.42. The summed E-state index contributed by atoms with van der Waals surface area (Å²) in [5, 5.41) is 3.48. The fraction of sp³-hybridized carbons (Fsp3) is 0.300. The maximum Gasteiger partial charge on any atom is 0.231 e. The minimum Gasteiger partial charge on any atom is -0.497 e. The molecule has 0 fully saturated rings. The average Bonchev–Trinajstić information content (AvgIpc) is 2.20. The Morgan fingerprint density at radius 2 is 2.33 bits per heavy atom. The van der Waals surface area contributed by atoms with Crippen LogP contribution in [0.5, 0.6) is 5.75 Å². The summed E-state index contributed by atoms with van der Waals surface area (Å²) in [6.07, 6.45) is 0. The molecule has 15 heavy (non-hydrogen) atoms. The summed E-state index contributed by atoms with van der Waals surface area (Å²) in [5.74, 6) is 0.318. The number of hydrogen-bond acceptors (Lipinski definition) is 3. The van der Waals surface area contributed by atoms with Gasteiger partial charge in [0.05, 0.1) is 13.7 Å². The summed E-state index contributed by atoms with van der Waals surface area (Å²) in [7, 11) is 1.58. The fourth-order valence-electron chi connectivity index (χ4n) is 1.12. The SMILES string of the molecule is COc1ccc(CNCC(N)=O)c(Cl)c1. The van der Waals surface area contributed by atoms with Crippen molar-refractivity contribution in [2.45, 2.75) is 6.54 Å². The van der Waals surface area contributed by atoms with Crippen molar-refractivity contribution in [3.05, 3.63) is 28.8 Å². The van der Waals surface area contributed by atoms with Gasteiger partial charge in [-0.15, -0.1) is 0 Å². The van der Waals surface area contributed by atoms with E-state index in [0.717, 1.165) is 5.56 Å². The molecule has 0 atom stereocenters. The highest BCUT2D eigenvalue weighted by Gasteiger charge is 2.02. The summed E-state index contributed by atoms with van der Waals surface area (Å²) < 4.78 is 5.01. The van der Waals surface area contributed by atoms with Crippen LogP contribution >= 0.6 is 11.6 Å². The highest BCUT2D eigenvalue weighted by molar-refractivity contribution is 6.31. The van der Waals surface area contributed by atoms with E-state index in [9.17, 15) is 4.79 Å². The molecule has 0 bridgehead atoms. The molecule has 0 saturated carbocycles. The monoisotopic (exact) mass is 228 g/mol. The number of carbonyl (C=O) groups is 1. The standard InChI is InChI=1S/C10H13ClN2O2/c1-15-8-3-2-7(9(11)4-8)5-13-6-10(12)14/h2-4,13H,5-6H2,1H3,(H2,12,14). The molecule has 0 radical (unpaired) electrons. The molecule has 1 rings (SSSR count). The quantitative estimate of drug-likeness (QED) is 0.788. The van der Waals surface area contributed by atoms with Gasteiger partial charge in [0.1, 0.15) is 5.75 Å². The van der Waals surface area contributed by atoms with Crippen LogP contribution in [0.2, 0.25) is 5.02 Å². The van der Waals surface area contributed by atoms with Gasteiger partial charge in [0.15, 0.2) is 0 Å². The molecular weight excluding hydrogens is 216 g/mol. The van der Waals surface area contributed by atoms with E-state index in [-0.39, 0.29) is 12.5 Å². The van der Waals surface area contributed by atoms with Gasteiger partial charge in [-0.25, -0.2) is 0 Å². The molecule has 0 aliphatic carbocycles. The van der Waals surface area contributed by atoms with E-state index in [1.807, 2.05) is 12.1 Å². The van der Waals surface area contributed by atoms with Gasteiger partial charge in [-0.3, -0.25) is 4.79 Å². The Balaban J connectivity index is 2.58. The van der Waals surface area contributed by atoms with Crippen molar-refractivity contribution < 1.29 is 9.53 Å². The molecular formula is C10H13ClN2O2. The van der Waals surface area contributed by atoms with E-state index < -0.39 is 0 Å². The summed E-state index contributed by atoms with van der Waals surface area (Å²) in [4.78, 5) is 10.5. The first-order valence-electron chi connectivity index (χ1n) is 4.45. The number of nitrogens with one attached hydrogen (secondary N) is 1. The highest BCUT2D eigenvalue weighted by Crippen LogP contribution is 2.21. The number of nitrogens with two attached hydrogens (primary N) is 1. The van der Waals surface area contributed by atoms with Gasteiger partial charge < -0.3 is 15.8 Å². The van der Waals surface area contributed by atoms with Crippen molar-refractivity contribution in [1.29, 1.82) is 0 Å². The first-order chi connectivity index (χ1) is 7.13. The zero-order valence-corrected chi connectivity index (χ0v) is 9.17. The molecule has 82 valence electrons. The van der Waals surface area contributed by atoms with Crippen molar-refractivity contribution in [3.63, 3.8) is 0 Å². The highest BCUT2D eigenvalue weighted by atomic mass is 35.5. The smallest absolute Gasteiger partial charge is 0.231 e. The van der Waals surface area contributed by atoms with Crippen molar-refractivity contribution in [1.82, 2.24) is 5.32 Å². The van der Waals surface area contributed by atoms with E-state index in [4.69, 9.17) is 22.1 Å². The molecule has 0 unspecified atom stereocenters. The second kappa shape index (κ2) is 5.58. The Bertz CT molecular complexity index is 355. The Morgan fingerprint density at radius 1 is 1.60 bits per heavy atom. The van der Waals surface area contributed by atoms with Gasteiger partial charge in [0.2, 0.25) is 5.91 Å². The Labute approximate surface area is 93.4 Å². The first kappa shape index (κ1) is 11.8. The molecule has 1 aromatic carbocycles. The lowest BCUT2D eigenvalue weighted by Gasteiger charge is -2.06. The summed E-state index contributed by atoms with van der Waals surface area (Å²) in [6.45, 7) is 0.647. The number of rotatable bonds is 5. The maximum absolute atomic E-state index is 10.5. The number of benzene rings is 1. The largest absolute Gasteiger partial charge is 0.497 e. The third-order valence-corrected chi connectivity index (χ3v) is 2.23. The van der Waals surface area contributed by atoms with Gasteiger partial charge >= 0.3 is 0 Å². The van der Waals surface area contributed by atoms with Crippen molar-refractivity contribution >= 4 is 17.5 Å². The number of halogens is 1. The summed E-state index contributed by atoms with van der Waals surface area (Å²) in [6, 6.07) is 5.38. The zero-order chi connectivity index (χ0) is 11.3. The summed E-state index contributed by atoms with van der Waals surface area (Å²) >= 11 is 5.99. The Kier molecular flexibility index (Phi) is 4.39. The number of hydrogen-bond donors (Lipinski definition) is 2. The number of primary amides is 1. The van der Waals surface area contributed by atoms with Crippen LogP contribution in [0, 0.1) is 0 Å². The molecule has 0 aliphatic heterocycles. The molecule has 5 heteroatoms. The van der Waals surface area contributed by atoms with E-state index >= 15 is 0 Å². The van der Waals surface area contributed by atoms with E-state index in [1.54, 1.807) is 13.2 Å². The lowest BCUT2D eigenvalue weighted by atomic mass is 10.2. The van der Waals surface area contributed by atoms with Crippen LogP contribution < -0.4 is 15.8 Å². The van der Waals surface area contributed by atoms with Crippen LogP contribution in [0.1, 0.15) is 5.56 Å². The van der Waals surface area contributed by atoms with E-state index in [0.29, 0.717) is 17.3 Å². The number of amides is 1. The van der Waals surface area contributed by atoms with E-state index in [1.165, 1.54) is 0 Å². The van der Waals surface area contributed by atoms with Crippen LogP contribution in [-0.4, -0.2) is 19.6 Å². The van der Waals surface area contributed by atoms with Gasteiger partial charge in [-0.2, -0.15) is 0 Å². The second-order valence-electron chi connectivity index (χ2n) is 3.03. The van der Waals surface area contributed by atoms with Crippen molar-refractivity contribution in [2.24, 2.45) is 5.73 Å². The fourth-order valence-corrected chi connectivity index (χ4v) is 1.36. The summed E-state index contributed by atoms with van der Waals surface area (Å²) in [5.41, 5.74) is 5.89. The van der Waals surface area contributed by atoms with Crippen LogP contribution in [0.25, 0.3) is 0 Å². The second-order valence-corrected chi connectivity index (χ2v) is 3.43. The third kappa shape index (κ3) is 3.77.